The van der Waals surface area contributed by atoms with Crippen LogP contribution in [0.4, 0.5) is 11.6 Å². The van der Waals surface area contributed by atoms with E-state index in [0.29, 0.717) is 22.8 Å². The van der Waals surface area contributed by atoms with E-state index in [1.165, 1.54) is 18.3 Å². The van der Waals surface area contributed by atoms with Gasteiger partial charge in [-0.15, -0.1) is 0 Å². The molecule has 0 spiro atoms. The number of anilines is 2. The lowest BCUT2D eigenvalue weighted by Crippen LogP contribution is -2.15. The summed E-state index contributed by atoms with van der Waals surface area (Å²) in [5.41, 5.74) is 2.01. The van der Waals surface area contributed by atoms with Crippen molar-refractivity contribution in [2.45, 2.75) is 37.5 Å². The topological polar surface area (TPSA) is 101 Å². The number of amides is 1. The van der Waals surface area contributed by atoms with Crippen molar-refractivity contribution in [2.75, 3.05) is 10.0 Å². The zero-order valence-corrected chi connectivity index (χ0v) is 19.7. The van der Waals surface area contributed by atoms with Gasteiger partial charge in [-0.3, -0.25) is 4.79 Å². The lowest BCUT2D eigenvalue weighted by atomic mass is 10.2. The zero-order chi connectivity index (χ0) is 23.7. The molecule has 1 heterocycles. The highest BCUT2D eigenvalue weighted by atomic mass is 35.5. The summed E-state index contributed by atoms with van der Waals surface area (Å²) < 4.78 is 27.8. The van der Waals surface area contributed by atoms with Crippen molar-refractivity contribution in [1.82, 2.24) is 9.97 Å². The van der Waals surface area contributed by atoms with Crippen molar-refractivity contribution in [3.05, 3.63) is 77.1 Å². The van der Waals surface area contributed by atoms with Gasteiger partial charge in [-0.2, -0.15) is 0 Å². The SMILES string of the molecule is CCCCCC(=O)Nc1ccc(S(=O)(=O)Nc2nccc(/C=C/c3ccc(Cl)cc3)n2)cc1. The maximum absolute atomic E-state index is 12.7. The fraction of sp³-hybridized carbons (Fsp3) is 0.208. The average Bonchev–Trinajstić information content (AvgIpc) is 2.79. The Hall–Kier alpha value is -3.23. The Morgan fingerprint density at radius 3 is 2.42 bits per heavy atom. The Kier molecular flexibility index (Phi) is 8.57. The molecule has 0 saturated carbocycles. The first-order valence-corrected chi connectivity index (χ1v) is 12.4. The van der Waals surface area contributed by atoms with E-state index in [2.05, 4.69) is 26.9 Å². The third-order valence-electron chi connectivity index (χ3n) is 4.68. The monoisotopic (exact) mass is 484 g/mol. The van der Waals surface area contributed by atoms with Crippen LogP contribution in [0.25, 0.3) is 12.2 Å². The van der Waals surface area contributed by atoms with Crippen LogP contribution >= 0.6 is 11.6 Å². The molecule has 0 fully saturated rings. The van der Waals surface area contributed by atoms with Gasteiger partial charge >= 0.3 is 0 Å². The lowest BCUT2D eigenvalue weighted by molar-refractivity contribution is -0.116. The predicted molar refractivity (Wildman–Crippen MR) is 132 cm³/mol. The number of sulfonamides is 1. The molecule has 172 valence electrons. The first-order valence-electron chi connectivity index (χ1n) is 10.5. The maximum Gasteiger partial charge on any atom is 0.264 e. The summed E-state index contributed by atoms with van der Waals surface area (Å²) in [4.78, 5) is 20.2. The highest BCUT2D eigenvalue weighted by Crippen LogP contribution is 2.18. The molecule has 0 unspecified atom stereocenters. The standard InChI is InChI=1S/C24H25ClN4O3S/c1-2-3-4-5-23(30)27-20-12-14-22(15-13-20)33(31,32)29-24-26-17-16-21(28-24)11-8-18-6-9-19(25)10-7-18/h6-17H,2-5H2,1H3,(H,27,30)(H,26,28,29)/b11-8+. The molecule has 9 heteroatoms. The minimum absolute atomic E-state index is 0.0391. The second kappa shape index (κ2) is 11.6. The quantitative estimate of drug-likeness (QED) is 0.364. The number of hydrogen-bond acceptors (Lipinski definition) is 5. The van der Waals surface area contributed by atoms with E-state index < -0.39 is 10.0 Å². The van der Waals surface area contributed by atoms with Gasteiger partial charge in [-0.05, 0) is 60.5 Å². The maximum atomic E-state index is 12.7. The molecule has 2 N–H and O–H groups in total. The van der Waals surface area contributed by atoms with Gasteiger partial charge in [0.25, 0.3) is 10.0 Å². The van der Waals surface area contributed by atoms with Gasteiger partial charge in [0.15, 0.2) is 0 Å². The molecule has 0 atom stereocenters. The van der Waals surface area contributed by atoms with Crippen LogP contribution in [0.3, 0.4) is 0 Å². The van der Waals surface area contributed by atoms with Crippen LogP contribution < -0.4 is 10.0 Å². The molecular formula is C24H25ClN4O3S. The summed E-state index contributed by atoms with van der Waals surface area (Å²) >= 11 is 5.89. The molecule has 1 amide bonds. The number of rotatable bonds is 10. The number of benzene rings is 2. The minimum atomic E-state index is -3.89. The summed E-state index contributed by atoms with van der Waals surface area (Å²) in [5, 5.41) is 3.42. The van der Waals surface area contributed by atoms with Gasteiger partial charge in [-0.25, -0.2) is 23.1 Å². The molecule has 0 aliphatic rings. The van der Waals surface area contributed by atoms with Gasteiger partial charge in [-0.1, -0.05) is 49.6 Å². The predicted octanol–water partition coefficient (Wildman–Crippen LogP) is 5.62. The van der Waals surface area contributed by atoms with Crippen LogP contribution in [0.2, 0.25) is 5.02 Å². The molecule has 7 nitrogen and oxygen atoms in total. The minimum Gasteiger partial charge on any atom is -0.326 e. The van der Waals surface area contributed by atoms with Crippen molar-refractivity contribution < 1.29 is 13.2 Å². The molecule has 0 radical (unpaired) electrons. The molecule has 0 saturated heterocycles. The first kappa shape index (κ1) is 24.4. The van der Waals surface area contributed by atoms with Gasteiger partial charge in [0.05, 0.1) is 10.6 Å². The van der Waals surface area contributed by atoms with Crippen molar-refractivity contribution >= 4 is 51.3 Å². The van der Waals surface area contributed by atoms with E-state index in [-0.39, 0.29) is 16.8 Å². The number of hydrogen-bond donors (Lipinski definition) is 2. The Labute approximate surface area is 199 Å². The molecule has 1 aromatic heterocycles. The largest absolute Gasteiger partial charge is 0.326 e. The Morgan fingerprint density at radius 2 is 1.73 bits per heavy atom. The van der Waals surface area contributed by atoms with Crippen LogP contribution in [0.5, 0.6) is 0 Å². The fourth-order valence-electron chi connectivity index (χ4n) is 2.93. The van der Waals surface area contributed by atoms with Gasteiger partial charge in [0.2, 0.25) is 11.9 Å². The smallest absolute Gasteiger partial charge is 0.264 e. The molecule has 0 aliphatic carbocycles. The van der Waals surface area contributed by atoms with Crippen LogP contribution in [0.15, 0.2) is 65.7 Å². The summed E-state index contributed by atoms with van der Waals surface area (Å²) in [7, 11) is -3.89. The summed E-state index contributed by atoms with van der Waals surface area (Å²) in [6.45, 7) is 2.07. The van der Waals surface area contributed by atoms with Crippen LogP contribution in [0.1, 0.15) is 43.9 Å². The number of carbonyl (C=O) groups is 1. The zero-order valence-electron chi connectivity index (χ0n) is 18.2. The Morgan fingerprint density at radius 1 is 1.00 bits per heavy atom. The molecule has 2 aromatic carbocycles. The van der Waals surface area contributed by atoms with Gasteiger partial charge in [0, 0.05) is 23.3 Å². The highest BCUT2D eigenvalue weighted by Gasteiger charge is 2.16. The normalized spacial score (nSPS) is 11.5. The van der Waals surface area contributed by atoms with Gasteiger partial charge < -0.3 is 5.32 Å². The average molecular weight is 485 g/mol. The second-order valence-corrected chi connectivity index (χ2v) is 9.44. The van der Waals surface area contributed by atoms with E-state index in [1.807, 2.05) is 18.2 Å². The van der Waals surface area contributed by atoms with E-state index in [4.69, 9.17) is 11.6 Å². The summed E-state index contributed by atoms with van der Waals surface area (Å²) in [5.74, 6) is -0.129. The molecular weight excluding hydrogens is 460 g/mol. The van der Waals surface area contributed by atoms with Crippen molar-refractivity contribution in [3.8, 4) is 0 Å². The molecule has 3 aromatic rings. The van der Waals surface area contributed by atoms with Crippen LogP contribution in [0, 0.1) is 0 Å². The number of unbranched alkanes of at least 4 members (excludes halogenated alkanes) is 2. The third kappa shape index (κ3) is 7.69. The number of halogens is 1. The van der Waals surface area contributed by atoms with Crippen molar-refractivity contribution in [3.63, 3.8) is 0 Å². The number of nitrogens with one attached hydrogen (secondary N) is 2. The summed E-state index contributed by atoms with van der Waals surface area (Å²) in [6.07, 6.45) is 8.37. The van der Waals surface area contributed by atoms with Crippen LogP contribution in [-0.2, 0) is 14.8 Å². The Bertz CT molecular complexity index is 1210. The molecule has 0 bridgehead atoms. The van der Waals surface area contributed by atoms with Gasteiger partial charge in [0.1, 0.15) is 0 Å². The third-order valence-corrected chi connectivity index (χ3v) is 6.27. The van der Waals surface area contributed by atoms with E-state index in [9.17, 15) is 13.2 Å². The molecule has 33 heavy (non-hydrogen) atoms. The first-order chi connectivity index (χ1) is 15.9. The fourth-order valence-corrected chi connectivity index (χ4v) is 4.00. The molecule has 3 rings (SSSR count). The van der Waals surface area contributed by atoms with E-state index >= 15 is 0 Å². The van der Waals surface area contributed by atoms with Crippen LogP contribution in [-0.4, -0.2) is 24.3 Å². The second-order valence-electron chi connectivity index (χ2n) is 7.33. The number of carbonyl (C=O) groups excluding carboxylic acids is 1. The summed E-state index contributed by atoms with van der Waals surface area (Å²) in [6, 6.07) is 14.9. The lowest BCUT2D eigenvalue weighted by Gasteiger charge is -2.09. The highest BCUT2D eigenvalue weighted by molar-refractivity contribution is 7.92. The van der Waals surface area contributed by atoms with E-state index in [1.54, 1.807) is 36.4 Å². The molecule has 0 aliphatic heterocycles. The van der Waals surface area contributed by atoms with E-state index in [0.717, 1.165) is 24.8 Å². The number of aromatic nitrogens is 2. The van der Waals surface area contributed by atoms with Crippen molar-refractivity contribution in [2.24, 2.45) is 0 Å². The van der Waals surface area contributed by atoms with Crippen molar-refractivity contribution in [1.29, 1.82) is 0 Å². The Balaban J connectivity index is 1.64. The number of nitrogens with zero attached hydrogens (tertiary/aromatic N) is 2.